The topological polar surface area (TPSA) is 36.4 Å². The van der Waals surface area contributed by atoms with Gasteiger partial charge in [0.1, 0.15) is 0 Å². The van der Waals surface area contributed by atoms with E-state index in [9.17, 15) is 4.79 Å². The van der Waals surface area contributed by atoms with E-state index in [1.807, 2.05) is 17.4 Å². The summed E-state index contributed by atoms with van der Waals surface area (Å²) in [4.78, 5) is 21.6. The van der Waals surface area contributed by atoms with E-state index >= 15 is 0 Å². The van der Waals surface area contributed by atoms with Gasteiger partial charge in [-0.3, -0.25) is 9.69 Å². The predicted molar refractivity (Wildman–Crippen MR) is 93.8 cm³/mol. The van der Waals surface area contributed by atoms with Gasteiger partial charge in [-0.15, -0.1) is 11.3 Å². The van der Waals surface area contributed by atoms with Crippen LogP contribution in [0.5, 0.6) is 0 Å². The summed E-state index contributed by atoms with van der Waals surface area (Å²) in [5.41, 5.74) is 1.11. The van der Waals surface area contributed by atoms with Crippen molar-refractivity contribution >= 4 is 27.5 Å². The van der Waals surface area contributed by atoms with Gasteiger partial charge in [0, 0.05) is 19.0 Å². The van der Waals surface area contributed by atoms with Gasteiger partial charge in [0.15, 0.2) is 0 Å². The second-order valence-corrected chi connectivity index (χ2v) is 7.72. The second kappa shape index (κ2) is 6.57. The molecule has 1 amide bonds. The Labute approximate surface area is 141 Å². The number of amides is 1. The number of benzene rings is 1. The van der Waals surface area contributed by atoms with Crippen LogP contribution < -0.4 is 0 Å². The summed E-state index contributed by atoms with van der Waals surface area (Å²) in [7, 11) is 0. The van der Waals surface area contributed by atoms with Gasteiger partial charge in [0.25, 0.3) is 0 Å². The molecular weight excluding hydrogens is 306 g/mol. The lowest BCUT2D eigenvalue weighted by Crippen LogP contribution is -2.43. The highest BCUT2D eigenvalue weighted by atomic mass is 32.1. The molecule has 0 atom stereocenters. The Hall–Kier alpha value is -1.46. The molecule has 2 fully saturated rings. The number of hydrogen-bond acceptors (Lipinski definition) is 4. The van der Waals surface area contributed by atoms with E-state index < -0.39 is 0 Å². The SMILES string of the molecule is O=C(CN1CCCC1)N1CCC(c2nc3ccccc3s2)CC1. The molecule has 4 nitrogen and oxygen atoms in total. The molecule has 1 aromatic heterocycles. The van der Waals surface area contributed by atoms with Crippen LogP contribution in [0.2, 0.25) is 0 Å². The van der Waals surface area contributed by atoms with Gasteiger partial charge in [-0.25, -0.2) is 4.98 Å². The minimum Gasteiger partial charge on any atom is -0.342 e. The molecule has 2 saturated heterocycles. The maximum atomic E-state index is 12.4. The Kier molecular flexibility index (Phi) is 4.31. The number of fused-ring (bicyclic) bond motifs is 1. The number of aromatic nitrogens is 1. The highest BCUT2D eigenvalue weighted by molar-refractivity contribution is 7.18. The number of rotatable bonds is 3. The van der Waals surface area contributed by atoms with Crippen LogP contribution in [0, 0.1) is 0 Å². The van der Waals surface area contributed by atoms with Crippen LogP contribution in [-0.4, -0.2) is 53.4 Å². The van der Waals surface area contributed by atoms with E-state index in [0.29, 0.717) is 18.4 Å². The first-order valence-corrected chi connectivity index (χ1v) is 9.47. The number of piperidine rings is 1. The lowest BCUT2D eigenvalue weighted by molar-refractivity contribution is -0.133. The van der Waals surface area contributed by atoms with Gasteiger partial charge in [-0.1, -0.05) is 12.1 Å². The molecule has 3 heterocycles. The third-order valence-electron chi connectivity index (χ3n) is 5.06. The fourth-order valence-electron chi connectivity index (χ4n) is 3.67. The molecule has 2 aliphatic rings. The molecule has 0 unspecified atom stereocenters. The average molecular weight is 329 g/mol. The van der Waals surface area contributed by atoms with Crippen molar-refractivity contribution in [1.29, 1.82) is 0 Å². The third-order valence-corrected chi connectivity index (χ3v) is 6.26. The summed E-state index contributed by atoms with van der Waals surface area (Å²) in [6.45, 7) is 4.56. The molecule has 0 saturated carbocycles. The van der Waals surface area contributed by atoms with Gasteiger partial charge in [-0.2, -0.15) is 0 Å². The highest BCUT2D eigenvalue weighted by Gasteiger charge is 2.27. The van der Waals surface area contributed by atoms with Crippen LogP contribution in [0.1, 0.15) is 36.6 Å². The molecule has 23 heavy (non-hydrogen) atoms. The summed E-state index contributed by atoms with van der Waals surface area (Å²) in [6, 6.07) is 8.35. The quantitative estimate of drug-likeness (QED) is 0.868. The van der Waals surface area contributed by atoms with Gasteiger partial charge < -0.3 is 4.90 Å². The normalized spacial score (nSPS) is 20.4. The smallest absolute Gasteiger partial charge is 0.236 e. The van der Waals surface area contributed by atoms with Gasteiger partial charge in [-0.05, 0) is 50.9 Å². The number of hydrogen-bond donors (Lipinski definition) is 0. The number of thiazole rings is 1. The van der Waals surface area contributed by atoms with Gasteiger partial charge >= 0.3 is 0 Å². The van der Waals surface area contributed by atoms with Crippen LogP contribution in [0.4, 0.5) is 0 Å². The Morgan fingerprint density at radius 1 is 1.13 bits per heavy atom. The monoisotopic (exact) mass is 329 g/mol. The summed E-state index contributed by atoms with van der Waals surface area (Å²) >= 11 is 1.82. The van der Waals surface area contributed by atoms with E-state index in [0.717, 1.165) is 44.5 Å². The van der Waals surface area contributed by atoms with Gasteiger partial charge in [0.05, 0.1) is 21.8 Å². The molecular formula is C18H23N3OS. The van der Waals surface area contributed by atoms with Crippen molar-refractivity contribution in [3.8, 4) is 0 Å². The number of carbonyl (C=O) groups excluding carboxylic acids is 1. The first-order chi connectivity index (χ1) is 11.3. The van der Waals surface area contributed by atoms with E-state index in [-0.39, 0.29) is 0 Å². The van der Waals surface area contributed by atoms with E-state index in [1.165, 1.54) is 22.5 Å². The minimum atomic E-state index is 0.314. The van der Waals surface area contributed by atoms with Crippen molar-refractivity contribution in [2.45, 2.75) is 31.6 Å². The second-order valence-electron chi connectivity index (χ2n) is 6.66. The van der Waals surface area contributed by atoms with Crippen molar-refractivity contribution in [1.82, 2.24) is 14.8 Å². The molecule has 0 N–H and O–H groups in total. The van der Waals surface area contributed by atoms with Gasteiger partial charge in [0.2, 0.25) is 5.91 Å². The van der Waals surface area contributed by atoms with Crippen LogP contribution in [0.15, 0.2) is 24.3 Å². The van der Waals surface area contributed by atoms with E-state index in [4.69, 9.17) is 4.98 Å². The maximum absolute atomic E-state index is 12.4. The summed E-state index contributed by atoms with van der Waals surface area (Å²) in [5, 5.41) is 1.25. The minimum absolute atomic E-state index is 0.314. The maximum Gasteiger partial charge on any atom is 0.236 e. The van der Waals surface area contributed by atoms with Crippen molar-refractivity contribution in [2.24, 2.45) is 0 Å². The van der Waals surface area contributed by atoms with E-state index in [1.54, 1.807) is 0 Å². The summed E-state index contributed by atoms with van der Waals surface area (Å²) < 4.78 is 1.27. The molecule has 2 aliphatic heterocycles. The molecule has 122 valence electrons. The van der Waals surface area contributed by atoms with Crippen LogP contribution in [0.25, 0.3) is 10.2 Å². The van der Waals surface area contributed by atoms with Crippen molar-refractivity contribution in [3.63, 3.8) is 0 Å². The summed E-state index contributed by atoms with van der Waals surface area (Å²) in [5.74, 6) is 0.831. The highest BCUT2D eigenvalue weighted by Crippen LogP contribution is 2.33. The lowest BCUT2D eigenvalue weighted by atomic mass is 9.97. The fraction of sp³-hybridized carbons (Fsp3) is 0.556. The molecule has 4 rings (SSSR count). The van der Waals surface area contributed by atoms with Crippen LogP contribution in [-0.2, 0) is 4.79 Å². The van der Waals surface area contributed by atoms with Crippen LogP contribution in [0.3, 0.4) is 0 Å². The molecule has 5 heteroatoms. The zero-order valence-electron chi connectivity index (χ0n) is 13.4. The van der Waals surface area contributed by atoms with Crippen LogP contribution >= 0.6 is 11.3 Å². The number of carbonyl (C=O) groups is 1. The molecule has 0 spiro atoms. The standard InChI is InChI=1S/C18H23N3OS/c22-17(13-20-9-3-4-10-20)21-11-7-14(8-12-21)18-19-15-5-1-2-6-16(15)23-18/h1-2,5-6,14H,3-4,7-13H2. The number of likely N-dealkylation sites (tertiary alicyclic amines) is 2. The number of nitrogens with zero attached hydrogens (tertiary/aromatic N) is 3. The fourth-order valence-corrected chi connectivity index (χ4v) is 4.81. The third kappa shape index (κ3) is 3.26. The number of para-hydroxylation sites is 1. The lowest BCUT2D eigenvalue weighted by Gasteiger charge is -2.32. The largest absolute Gasteiger partial charge is 0.342 e. The van der Waals surface area contributed by atoms with Crippen molar-refractivity contribution < 1.29 is 4.79 Å². The average Bonchev–Trinajstić information content (AvgIpc) is 3.24. The molecule has 2 aromatic rings. The molecule has 0 bridgehead atoms. The first-order valence-electron chi connectivity index (χ1n) is 8.65. The summed E-state index contributed by atoms with van der Waals surface area (Å²) in [6.07, 6.45) is 4.58. The zero-order chi connectivity index (χ0) is 15.6. The Balaban J connectivity index is 1.35. The Morgan fingerprint density at radius 3 is 2.61 bits per heavy atom. The zero-order valence-corrected chi connectivity index (χ0v) is 14.2. The molecule has 0 radical (unpaired) electrons. The molecule has 1 aromatic carbocycles. The Bertz CT molecular complexity index is 651. The first kappa shape index (κ1) is 15.1. The predicted octanol–water partition coefficient (Wildman–Crippen LogP) is 3.10. The Morgan fingerprint density at radius 2 is 1.87 bits per heavy atom. The van der Waals surface area contributed by atoms with E-state index in [2.05, 4.69) is 28.0 Å². The van der Waals surface area contributed by atoms with Crippen molar-refractivity contribution in [2.75, 3.05) is 32.7 Å². The van der Waals surface area contributed by atoms with Crippen molar-refractivity contribution in [3.05, 3.63) is 29.3 Å². The molecule has 0 aliphatic carbocycles.